The van der Waals surface area contributed by atoms with Crippen LogP contribution in [0, 0.1) is 0 Å². The van der Waals surface area contributed by atoms with E-state index >= 15 is 0 Å². The number of carbonyl (C=O) groups excluding carboxylic acids is 1. The number of rotatable bonds is 2. The van der Waals surface area contributed by atoms with E-state index in [0.29, 0.717) is 5.56 Å². The smallest absolute Gasteiger partial charge is 0.172 e. The van der Waals surface area contributed by atoms with E-state index in [1.165, 1.54) is 11.3 Å². The third-order valence-electron chi connectivity index (χ3n) is 2.02. The van der Waals surface area contributed by atoms with E-state index in [1.54, 1.807) is 23.9 Å². The fourth-order valence-electron chi connectivity index (χ4n) is 1.37. The average Bonchev–Trinajstić information content (AvgIpc) is 2.57. The van der Waals surface area contributed by atoms with Crippen LogP contribution in [0.3, 0.4) is 0 Å². The summed E-state index contributed by atoms with van der Waals surface area (Å²) in [5.74, 6) is 0. The van der Waals surface area contributed by atoms with E-state index in [-0.39, 0.29) is 5.06 Å². The Morgan fingerprint density at radius 1 is 1.50 bits per heavy atom. The van der Waals surface area contributed by atoms with Gasteiger partial charge in [-0.15, -0.1) is 11.8 Å². The summed E-state index contributed by atoms with van der Waals surface area (Å²) in [6.45, 7) is 0. The zero-order valence-electron chi connectivity index (χ0n) is 7.48. The summed E-state index contributed by atoms with van der Waals surface area (Å²) in [7, 11) is 0. The van der Waals surface area contributed by atoms with Crippen molar-refractivity contribution in [3.63, 3.8) is 0 Å². The van der Waals surface area contributed by atoms with Gasteiger partial charge in [0.05, 0.1) is 4.70 Å². The molecule has 0 bridgehead atoms. The van der Waals surface area contributed by atoms with Crippen LogP contribution in [0.15, 0.2) is 23.1 Å². The molecule has 2 aromatic rings. The largest absolute Gasteiger partial charge is 0.499 e. The Hall–Kier alpha value is -1.00. The highest BCUT2D eigenvalue weighted by Gasteiger charge is 2.08. The fraction of sp³-hybridized carbons (Fsp3) is 0.100. The van der Waals surface area contributed by atoms with Gasteiger partial charge in [-0.2, -0.15) is 0 Å². The van der Waals surface area contributed by atoms with Crippen LogP contribution in [0.4, 0.5) is 0 Å². The van der Waals surface area contributed by atoms with Gasteiger partial charge in [-0.05, 0) is 18.4 Å². The van der Waals surface area contributed by atoms with Crippen molar-refractivity contribution in [2.24, 2.45) is 0 Å². The normalized spacial score (nSPS) is 10.6. The zero-order chi connectivity index (χ0) is 10.1. The molecule has 72 valence electrons. The first-order valence-corrected chi connectivity index (χ1v) is 6.05. The Balaban J connectivity index is 2.83. The summed E-state index contributed by atoms with van der Waals surface area (Å²) in [6.07, 6.45) is 2.80. The summed E-state index contributed by atoms with van der Waals surface area (Å²) < 4.78 is 0.986. The molecule has 0 radical (unpaired) electrons. The molecule has 2 rings (SSSR count). The maximum Gasteiger partial charge on any atom is 0.172 e. The number of hydrogen-bond acceptors (Lipinski definition) is 4. The van der Waals surface area contributed by atoms with Crippen molar-refractivity contribution < 1.29 is 9.90 Å². The van der Waals surface area contributed by atoms with Gasteiger partial charge in [0, 0.05) is 21.9 Å². The second-order valence-corrected chi connectivity index (χ2v) is 4.68. The fourth-order valence-corrected chi connectivity index (χ4v) is 3.09. The third kappa shape index (κ3) is 1.40. The highest BCUT2D eigenvalue weighted by Crippen LogP contribution is 2.38. The Morgan fingerprint density at radius 2 is 2.29 bits per heavy atom. The minimum atomic E-state index is 0.254. The Kier molecular flexibility index (Phi) is 2.48. The number of hydrogen-bond donors (Lipinski definition) is 1. The maximum absolute atomic E-state index is 10.7. The summed E-state index contributed by atoms with van der Waals surface area (Å²) >= 11 is 2.92. The Bertz CT molecular complexity index is 488. The molecule has 0 aliphatic rings. The molecule has 0 amide bonds. The lowest BCUT2D eigenvalue weighted by Crippen LogP contribution is -1.80. The number of fused-ring (bicyclic) bond motifs is 1. The van der Waals surface area contributed by atoms with Crippen LogP contribution in [0.2, 0.25) is 0 Å². The molecular weight excluding hydrogens is 216 g/mol. The standard InChI is InChI=1S/C10H8O2S2/c1-13-8-3-2-6(5-11)7-4-9(12)14-10(7)8/h2-5,12H,1H3. The molecule has 0 unspecified atom stereocenters. The summed E-state index contributed by atoms with van der Waals surface area (Å²) in [5, 5.41) is 10.5. The van der Waals surface area contributed by atoms with Crippen molar-refractivity contribution in [3.8, 4) is 5.06 Å². The van der Waals surface area contributed by atoms with Crippen LogP contribution in [-0.4, -0.2) is 17.6 Å². The minimum absolute atomic E-state index is 0.254. The van der Waals surface area contributed by atoms with E-state index < -0.39 is 0 Å². The molecule has 0 spiro atoms. The molecule has 0 fully saturated rings. The first kappa shape index (κ1) is 9.55. The molecule has 1 heterocycles. The number of aromatic hydroxyl groups is 1. The van der Waals surface area contributed by atoms with E-state index in [2.05, 4.69) is 0 Å². The predicted molar refractivity (Wildman–Crippen MR) is 60.7 cm³/mol. The van der Waals surface area contributed by atoms with E-state index in [1.807, 2.05) is 12.3 Å². The molecule has 0 aliphatic carbocycles. The van der Waals surface area contributed by atoms with Crippen LogP contribution in [0.1, 0.15) is 10.4 Å². The van der Waals surface area contributed by atoms with Crippen LogP contribution in [-0.2, 0) is 0 Å². The van der Waals surface area contributed by atoms with Crippen molar-refractivity contribution in [3.05, 3.63) is 23.8 Å². The number of benzene rings is 1. The van der Waals surface area contributed by atoms with Gasteiger partial charge in [-0.25, -0.2) is 0 Å². The topological polar surface area (TPSA) is 37.3 Å². The first-order chi connectivity index (χ1) is 6.76. The molecule has 0 saturated carbocycles. The van der Waals surface area contributed by atoms with Gasteiger partial charge in [-0.3, -0.25) is 4.79 Å². The van der Waals surface area contributed by atoms with Crippen molar-refractivity contribution in [2.75, 3.05) is 6.26 Å². The lowest BCUT2D eigenvalue weighted by atomic mass is 10.1. The van der Waals surface area contributed by atoms with E-state index in [4.69, 9.17) is 0 Å². The van der Waals surface area contributed by atoms with Crippen molar-refractivity contribution in [1.29, 1.82) is 0 Å². The Labute approximate surface area is 89.6 Å². The van der Waals surface area contributed by atoms with Crippen molar-refractivity contribution in [1.82, 2.24) is 0 Å². The van der Waals surface area contributed by atoms with Gasteiger partial charge in [0.25, 0.3) is 0 Å². The van der Waals surface area contributed by atoms with Gasteiger partial charge in [0.1, 0.15) is 0 Å². The second kappa shape index (κ2) is 3.63. The lowest BCUT2D eigenvalue weighted by molar-refractivity contribution is 0.112. The van der Waals surface area contributed by atoms with Gasteiger partial charge in [0.2, 0.25) is 0 Å². The summed E-state index contributed by atoms with van der Waals surface area (Å²) in [4.78, 5) is 11.8. The highest BCUT2D eigenvalue weighted by atomic mass is 32.2. The van der Waals surface area contributed by atoms with E-state index in [0.717, 1.165) is 21.3 Å². The van der Waals surface area contributed by atoms with E-state index in [9.17, 15) is 9.90 Å². The number of thioether (sulfide) groups is 1. The molecule has 1 aromatic carbocycles. The zero-order valence-corrected chi connectivity index (χ0v) is 9.11. The van der Waals surface area contributed by atoms with Gasteiger partial charge in [-0.1, -0.05) is 11.3 Å². The molecule has 0 aliphatic heterocycles. The van der Waals surface area contributed by atoms with Crippen LogP contribution in [0.5, 0.6) is 5.06 Å². The molecule has 14 heavy (non-hydrogen) atoms. The molecular formula is C10H8O2S2. The second-order valence-electron chi connectivity index (χ2n) is 2.80. The third-order valence-corrected chi connectivity index (χ3v) is 3.90. The quantitative estimate of drug-likeness (QED) is 0.629. The minimum Gasteiger partial charge on any atom is -0.499 e. The van der Waals surface area contributed by atoms with Gasteiger partial charge in [0.15, 0.2) is 11.3 Å². The highest BCUT2D eigenvalue weighted by molar-refractivity contribution is 7.99. The number of thiophene rings is 1. The van der Waals surface area contributed by atoms with Crippen molar-refractivity contribution in [2.45, 2.75) is 4.90 Å². The number of carbonyl (C=O) groups is 1. The molecule has 1 N–H and O–H groups in total. The first-order valence-electron chi connectivity index (χ1n) is 4.01. The van der Waals surface area contributed by atoms with Crippen LogP contribution in [0.25, 0.3) is 10.1 Å². The Morgan fingerprint density at radius 3 is 2.93 bits per heavy atom. The summed E-state index contributed by atoms with van der Waals surface area (Å²) in [5.41, 5.74) is 0.634. The maximum atomic E-state index is 10.7. The van der Waals surface area contributed by atoms with Crippen molar-refractivity contribution >= 4 is 39.5 Å². The predicted octanol–water partition coefficient (Wildman–Crippen LogP) is 3.14. The number of aldehydes is 1. The van der Waals surface area contributed by atoms with Gasteiger partial charge < -0.3 is 5.11 Å². The van der Waals surface area contributed by atoms with Crippen LogP contribution >= 0.6 is 23.1 Å². The molecule has 4 heteroatoms. The molecule has 0 atom stereocenters. The summed E-state index contributed by atoms with van der Waals surface area (Å²) in [6, 6.07) is 5.34. The van der Waals surface area contributed by atoms with Gasteiger partial charge >= 0.3 is 0 Å². The van der Waals surface area contributed by atoms with Crippen LogP contribution < -0.4 is 0 Å². The molecule has 1 aromatic heterocycles. The SMILES string of the molecule is CSc1ccc(C=O)c2cc(O)sc12. The lowest BCUT2D eigenvalue weighted by Gasteiger charge is -1.99. The average molecular weight is 224 g/mol. The monoisotopic (exact) mass is 224 g/mol. The molecule has 0 saturated heterocycles. The molecule has 2 nitrogen and oxygen atoms in total.